The molecule has 1 aromatic heterocycles. The number of nitrogens with one attached hydrogen (secondary N) is 1. The first kappa shape index (κ1) is 20.0. The van der Waals surface area contributed by atoms with E-state index in [1.807, 2.05) is 0 Å². The van der Waals surface area contributed by atoms with E-state index in [2.05, 4.69) is 20.3 Å². The lowest BCUT2D eigenvalue weighted by atomic mass is 10.2. The van der Waals surface area contributed by atoms with Gasteiger partial charge in [-0.1, -0.05) is 11.6 Å². The predicted molar refractivity (Wildman–Crippen MR) is 110 cm³/mol. The summed E-state index contributed by atoms with van der Waals surface area (Å²) in [5.74, 6) is 0.428. The molecule has 0 fully saturated rings. The number of methoxy groups -OCH3 is 1. The molecule has 1 heterocycles. The zero-order valence-electron chi connectivity index (χ0n) is 15.0. The number of nitrogens with zero attached hydrogens (tertiary/aromatic N) is 3. The molecule has 3 aromatic rings. The van der Waals surface area contributed by atoms with Gasteiger partial charge in [0.1, 0.15) is 17.9 Å². The minimum Gasteiger partial charge on any atom is -0.496 e. The molecule has 0 bridgehead atoms. The molecule has 0 aliphatic carbocycles. The number of hydrogen-bond donors (Lipinski definition) is 2. The number of nitrogens with two attached hydrogens (primary N) is 1. The lowest BCUT2D eigenvalue weighted by Crippen LogP contribution is -2.13. The van der Waals surface area contributed by atoms with Crippen molar-refractivity contribution in [3.63, 3.8) is 0 Å². The lowest BCUT2D eigenvalue weighted by molar-refractivity contribution is 0.412. The number of benzene rings is 2. The minimum absolute atomic E-state index is 0.245. The maximum absolute atomic E-state index is 13.4. The fourth-order valence-corrected chi connectivity index (χ4v) is 3.41. The van der Waals surface area contributed by atoms with E-state index in [1.165, 1.54) is 43.3 Å². The molecule has 0 aliphatic heterocycles. The molecular formula is C18H17ClFN5O2S. The van der Waals surface area contributed by atoms with E-state index in [9.17, 15) is 8.60 Å². The number of anilines is 2. The average molecular weight is 422 g/mol. The van der Waals surface area contributed by atoms with Gasteiger partial charge in [0.2, 0.25) is 5.95 Å². The quantitative estimate of drug-likeness (QED) is 0.614. The molecule has 146 valence electrons. The number of halogens is 2. The molecule has 10 heteroatoms. The molecule has 7 nitrogen and oxygen atoms in total. The molecule has 3 rings (SSSR count). The minimum atomic E-state index is -2.58. The van der Waals surface area contributed by atoms with E-state index in [0.717, 1.165) is 0 Å². The number of ether oxygens (including phenoxy) is 1. The summed E-state index contributed by atoms with van der Waals surface area (Å²) in [4.78, 5) is 12.5. The Kier molecular flexibility index (Phi) is 5.78. The molecule has 3 N–H and O–H groups in total. The highest BCUT2D eigenvalue weighted by atomic mass is 35.5. The summed E-state index contributed by atoms with van der Waals surface area (Å²) >= 11 is 6.13. The third-order valence-corrected chi connectivity index (χ3v) is 4.48. The standard InChI is InChI=1S/C18H17ClFN5O2S/c1-27-16-8-13(20)3-4-15(16)17-22-10-23-18(25-17)24-14-6-11(5-12(19)7-14)9-28(2,21)26/h3-10H,1-2H3,(H2,21,26)(H,22,23,24,25). The van der Waals surface area contributed by atoms with Gasteiger partial charge in [0.05, 0.1) is 12.7 Å². The van der Waals surface area contributed by atoms with Crippen LogP contribution in [0.4, 0.5) is 16.0 Å². The van der Waals surface area contributed by atoms with Gasteiger partial charge in [-0.25, -0.2) is 14.4 Å². The molecule has 1 atom stereocenters. The molecule has 0 saturated heterocycles. The molecule has 0 spiro atoms. The zero-order chi connectivity index (χ0) is 20.3. The molecule has 28 heavy (non-hydrogen) atoms. The van der Waals surface area contributed by atoms with Crippen LogP contribution in [0.2, 0.25) is 5.02 Å². The van der Waals surface area contributed by atoms with E-state index in [0.29, 0.717) is 33.4 Å². The maximum Gasteiger partial charge on any atom is 0.230 e. The topological polar surface area (TPSA) is 103 Å². The maximum atomic E-state index is 13.4. The Morgan fingerprint density at radius 3 is 2.75 bits per heavy atom. The second kappa shape index (κ2) is 8.09. The SMILES string of the molecule is COc1cc(F)ccc1-c1ncnc(Nc2cc(Cl)cc(C=S(C)(N)=O)c2)n1. The summed E-state index contributed by atoms with van der Waals surface area (Å²) in [5, 5.41) is 10.5. The molecular weight excluding hydrogens is 405 g/mol. The van der Waals surface area contributed by atoms with Crippen LogP contribution in [-0.4, -0.2) is 37.9 Å². The van der Waals surface area contributed by atoms with E-state index in [1.54, 1.807) is 18.2 Å². The first-order chi connectivity index (χ1) is 13.2. The number of aromatic nitrogens is 3. The van der Waals surface area contributed by atoms with Gasteiger partial charge in [-0.05, 0) is 35.9 Å². The van der Waals surface area contributed by atoms with E-state index < -0.39 is 15.5 Å². The average Bonchev–Trinajstić information content (AvgIpc) is 2.59. The summed E-state index contributed by atoms with van der Waals surface area (Å²) in [6.07, 6.45) is 2.75. The Morgan fingerprint density at radius 2 is 2.04 bits per heavy atom. The molecule has 0 saturated carbocycles. The Hall–Kier alpha value is -2.75. The van der Waals surface area contributed by atoms with Crippen molar-refractivity contribution in [1.29, 1.82) is 0 Å². The molecule has 0 amide bonds. The van der Waals surface area contributed by atoms with E-state index in [4.69, 9.17) is 21.5 Å². The second-order valence-corrected chi connectivity index (χ2v) is 8.57. The highest BCUT2D eigenvalue weighted by molar-refractivity contribution is 7.98. The summed E-state index contributed by atoms with van der Waals surface area (Å²) in [6.45, 7) is 0. The van der Waals surface area contributed by atoms with E-state index >= 15 is 0 Å². The van der Waals surface area contributed by atoms with Crippen LogP contribution in [0, 0.1) is 5.82 Å². The third-order valence-electron chi connectivity index (χ3n) is 3.52. The first-order valence-corrected chi connectivity index (χ1v) is 10.4. The lowest BCUT2D eigenvalue weighted by Gasteiger charge is -2.10. The van der Waals surface area contributed by atoms with Gasteiger partial charge in [0.15, 0.2) is 5.82 Å². The fraction of sp³-hybridized carbons (Fsp3) is 0.111. The number of rotatable bonds is 5. The van der Waals surface area contributed by atoms with Gasteiger partial charge >= 0.3 is 0 Å². The smallest absolute Gasteiger partial charge is 0.230 e. The zero-order valence-corrected chi connectivity index (χ0v) is 16.6. The van der Waals surface area contributed by atoms with Crippen molar-refractivity contribution in [2.75, 3.05) is 18.7 Å². The van der Waals surface area contributed by atoms with Gasteiger partial charge in [0, 0.05) is 38.1 Å². The number of hydrogen-bond acceptors (Lipinski definition) is 6. The Morgan fingerprint density at radius 1 is 1.25 bits per heavy atom. The Bertz CT molecular complexity index is 1140. The Labute approximate surface area is 166 Å². The normalized spacial score (nSPS) is 12.9. The summed E-state index contributed by atoms with van der Waals surface area (Å²) in [7, 11) is -1.15. The van der Waals surface area contributed by atoms with Crippen LogP contribution < -0.4 is 15.2 Å². The van der Waals surface area contributed by atoms with Crippen LogP contribution in [0.25, 0.3) is 11.4 Å². The van der Waals surface area contributed by atoms with Gasteiger partial charge < -0.3 is 10.1 Å². The Balaban J connectivity index is 1.95. The van der Waals surface area contributed by atoms with Crippen molar-refractivity contribution in [3.8, 4) is 17.1 Å². The van der Waals surface area contributed by atoms with Crippen LogP contribution in [0.3, 0.4) is 0 Å². The summed E-state index contributed by atoms with van der Waals surface area (Å²) in [5.41, 5.74) is 1.69. The molecule has 0 radical (unpaired) electrons. The van der Waals surface area contributed by atoms with Gasteiger partial charge in [-0.3, -0.25) is 9.35 Å². The summed E-state index contributed by atoms with van der Waals surface area (Å²) < 4.78 is 30.4. The van der Waals surface area contributed by atoms with Crippen molar-refractivity contribution in [3.05, 3.63) is 59.1 Å². The van der Waals surface area contributed by atoms with Crippen LogP contribution in [0.15, 0.2) is 42.7 Å². The first-order valence-electron chi connectivity index (χ1n) is 7.96. The monoisotopic (exact) mass is 421 g/mol. The molecule has 1 unspecified atom stereocenters. The van der Waals surface area contributed by atoms with Crippen molar-refractivity contribution < 1.29 is 13.3 Å². The van der Waals surface area contributed by atoms with Crippen molar-refractivity contribution in [2.24, 2.45) is 5.14 Å². The van der Waals surface area contributed by atoms with Gasteiger partial charge in [-0.2, -0.15) is 4.98 Å². The van der Waals surface area contributed by atoms with E-state index in [-0.39, 0.29) is 5.95 Å². The predicted octanol–water partition coefficient (Wildman–Crippen LogP) is 3.02. The molecule has 0 aliphatic rings. The highest BCUT2D eigenvalue weighted by Gasteiger charge is 2.11. The van der Waals surface area contributed by atoms with Crippen LogP contribution in [0.5, 0.6) is 5.75 Å². The van der Waals surface area contributed by atoms with Crippen LogP contribution in [-0.2, 0) is 9.71 Å². The van der Waals surface area contributed by atoms with Gasteiger partial charge in [0.25, 0.3) is 0 Å². The largest absolute Gasteiger partial charge is 0.496 e. The second-order valence-electron chi connectivity index (χ2n) is 5.96. The van der Waals surface area contributed by atoms with Crippen LogP contribution >= 0.6 is 11.6 Å². The molecule has 2 aromatic carbocycles. The third kappa shape index (κ3) is 5.16. The van der Waals surface area contributed by atoms with Crippen molar-refractivity contribution in [2.45, 2.75) is 0 Å². The highest BCUT2D eigenvalue weighted by Crippen LogP contribution is 2.28. The fourth-order valence-electron chi connectivity index (χ4n) is 2.49. The van der Waals surface area contributed by atoms with Crippen LogP contribution in [0.1, 0.15) is 5.56 Å². The van der Waals surface area contributed by atoms with Crippen molar-refractivity contribution >= 4 is 38.3 Å². The van der Waals surface area contributed by atoms with Gasteiger partial charge in [-0.15, -0.1) is 0 Å². The summed E-state index contributed by atoms with van der Waals surface area (Å²) in [6, 6.07) is 9.09. The van der Waals surface area contributed by atoms with Crippen molar-refractivity contribution in [1.82, 2.24) is 15.0 Å².